The number of carbonyl (C=O) groups excluding carboxylic acids is 1. The van der Waals surface area contributed by atoms with Gasteiger partial charge in [-0.2, -0.15) is 0 Å². The van der Waals surface area contributed by atoms with E-state index in [1.165, 1.54) is 17.8 Å². The lowest BCUT2D eigenvalue weighted by Crippen LogP contribution is -2.38. The second-order valence-corrected chi connectivity index (χ2v) is 7.13. The fraction of sp³-hybridized carbons (Fsp3) is 0.529. The molecule has 0 aromatic carbocycles. The summed E-state index contributed by atoms with van der Waals surface area (Å²) in [5, 5.41) is 3.91. The van der Waals surface area contributed by atoms with Crippen LogP contribution in [-0.4, -0.2) is 52.4 Å². The zero-order valence-corrected chi connectivity index (χ0v) is 16.2. The Morgan fingerprint density at radius 1 is 1.32 bits per heavy atom. The summed E-state index contributed by atoms with van der Waals surface area (Å²) < 4.78 is 0. The first-order valence-electron chi connectivity index (χ1n) is 8.37. The monoisotopic (exact) mass is 381 g/mol. The minimum atomic E-state index is 0. The molecule has 0 radical (unpaired) electrons. The van der Waals surface area contributed by atoms with E-state index in [9.17, 15) is 4.79 Å². The summed E-state index contributed by atoms with van der Waals surface area (Å²) in [7, 11) is 1.99. The summed E-state index contributed by atoms with van der Waals surface area (Å²) in [5.74, 6) is 1.40. The van der Waals surface area contributed by atoms with Gasteiger partial charge in [-0.05, 0) is 51.8 Å². The average Bonchev–Trinajstić information content (AvgIpc) is 3.02. The van der Waals surface area contributed by atoms with Crippen molar-refractivity contribution in [3.05, 3.63) is 29.0 Å². The molecule has 136 valence electrons. The Hall–Kier alpha value is -1.57. The van der Waals surface area contributed by atoms with Gasteiger partial charge in [-0.1, -0.05) is 0 Å². The third kappa shape index (κ3) is 4.74. The Kier molecular flexibility index (Phi) is 7.28. The van der Waals surface area contributed by atoms with E-state index in [0.29, 0.717) is 15.7 Å². The number of piperidine rings is 1. The molecular weight excluding hydrogens is 358 g/mol. The van der Waals surface area contributed by atoms with E-state index >= 15 is 0 Å². The highest BCUT2D eigenvalue weighted by Gasteiger charge is 2.26. The van der Waals surface area contributed by atoms with Crippen molar-refractivity contribution >= 4 is 29.7 Å². The largest absolute Gasteiger partial charge is 0.338 e. The fourth-order valence-electron chi connectivity index (χ4n) is 3.02. The number of aryl methyl sites for hydroxylation is 1. The summed E-state index contributed by atoms with van der Waals surface area (Å²) in [6.07, 6.45) is 6.74. The van der Waals surface area contributed by atoms with Gasteiger partial charge in [0.2, 0.25) is 0 Å². The molecule has 3 rings (SSSR count). The van der Waals surface area contributed by atoms with Crippen molar-refractivity contribution in [2.24, 2.45) is 5.92 Å². The maximum absolute atomic E-state index is 12.8. The Labute approximate surface area is 158 Å². The third-order valence-corrected chi connectivity index (χ3v) is 5.59. The summed E-state index contributed by atoms with van der Waals surface area (Å²) in [4.78, 5) is 28.4. The predicted octanol–water partition coefficient (Wildman–Crippen LogP) is 2.79. The first kappa shape index (κ1) is 19.8. The van der Waals surface area contributed by atoms with Gasteiger partial charge >= 0.3 is 0 Å². The predicted molar refractivity (Wildman–Crippen MR) is 102 cm³/mol. The van der Waals surface area contributed by atoms with E-state index in [0.717, 1.165) is 44.1 Å². The van der Waals surface area contributed by atoms with Crippen LogP contribution < -0.4 is 5.32 Å². The molecule has 0 bridgehead atoms. The zero-order chi connectivity index (χ0) is 16.9. The molecule has 0 spiro atoms. The molecule has 8 heteroatoms. The van der Waals surface area contributed by atoms with Crippen LogP contribution in [-0.2, 0) is 0 Å². The number of likely N-dealkylation sites (tertiary alicyclic amines) is 1. The van der Waals surface area contributed by atoms with E-state index in [1.54, 1.807) is 18.5 Å². The standard InChI is InChI=1S/C17H23N5OS.ClH/c1-12-14(24-16(21-12)15-19-7-3-8-20-15)17(23)22-10-5-13(6-11-22)4-9-18-2;/h3,7-8,13,18H,4-6,9-11H2,1-2H3;1H. The summed E-state index contributed by atoms with van der Waals surface area (Å²) in [6, 6.07) is 1.77. The Balaban J connectivity index is 0.00000225. The van der Waals surface area contributed by atoms with Crippen LogP contribution >= 0.6 is 23.7 Å². The van der Waals surface area contributed by atoms with Gasteiger partial charge in [-0.25, -0.2) is 15.0 Å². The maximum atomic E-state index is 12.8. The SMILES string of the molecule is CNCCC1CCN(C(=O)c2sc(-c3ncccn3)nc2C)CC1.Cl. The number of amides is 1. The van der Waals surface area contributed by atoms with Crippen molar-refractivity contribution in [1.82, 2.24) is 25.2 Å². The number of aromatic nitrogens is 3. The van der Waals surface area contributed by atoms with Crippen LogP contribution in [0.15, 0.2) is 18.5 Å². The number of rotatable bonds is 5. The lowest BCUT2D eigenvalue weighted by atomic mass is 9.93. The van der Waals surface area contributed by atoms with Gasteiger partial charge in [0.1, 0.15) is 4.88 Å². The summed E-state index contributed by atoms with van der Waals surface area (Å²) in [5.41, 5.74) is 0.768. The van der Waals surface area contributed by atoms with Crippen molar-refractivity contribution in [2.75, 3.05) is 26.7 Å². The van der Waals surface area contributed by atoms with Crippen molar-refractivity contribution < 1.29 is 4.79 Å². The summed E-state index contributed by atoms with van der Waals surface area (Å²) in [6.45, 7) is 4.60. The lowest BCUT2D eigenvalue weighted by Gasteiger charge is -2.31. The molecule has 1 fully saturated rings. The highest BCUT2D eigenvalue weighted by Crippen LogP contribution is 2.28. The number of thiazole rings is 1. The first-order valence-corrected chi connectivity index (χ1v) is 9.19. The van der Waals surface area contributed by atoms with Crippen LogP contribution in [0.4, 0.5) is 0 Å². The molecule has 0 unspecified atom stereocenters. The van der Waals surface area contributed by atoms with E-state index < -0.39 is 0 Å². The summed E-state index contributed by atoms with van der Waals surface area (Å²) >= 11 is 1.39. The van der Waals surface area contributed by atoms with E-state index in [1.807, 2.05) is 18.9 Å². The molecular formula is C17H24ClN5OS. The topological polar surface area (TPSA) is 71.0 Å². The van der Waals surface area contributed by atoms with E-state index in [4.69, 9.17) is 0 Å². The molecule has 6 nitrogen and oxygen atoms in total. The average molecular weight is 382 g/mol. The molecule has 1 aliphatic heterocycles. The van der Waals surface area contributed by atoms with Crippen molar-refractivity contribution in [3.8, 4) is 10.8 Å². The van der Waals surface area contributed by atoms with Crippen LogP contribution in [0.3, 0.4) is 0 Å². The number of hydrogen-bond donors (Lipinski definition) is 1. The maximum Gasteiger partial charge on any atom is 0.265 e. The molecule has 1 N–H and O–H groups in total. The first-order chi connectivity index (χ1) is 11.7. The van der Waals surface area contributed by atoms with Gasteiger partial charge in [0.05, 0.1) is 5.69 Å². The Morgan fingerprint density at radius 3 is 2.64 bits per heavy atom. The van der Waals surface area contributed by atoms with Gasteiger partial charge in [-0.3, -0.25) is 4.79 Å². The zero-order valence-electron chi connectivity index (χ0n) is 14.6. The molecule has 0 saturated carbocycles. The molecule has 2 aromatic rings. The fourth-order valence-corrected chi connectivity index (χ4v) is 4.00. The third-order valence-electron chi connectivity index (χ3n) is 4.45. The van der Waals surface area contributed by atoms with Crippen LogP contribution in [0.5, 0.6) is 0 Å². The second-order valence-electron chi connectivity index (χ2n) is 6.13. The number of nitrogens with zero attached hydrogens (tertiary/aromatic N) is 4. The Bertz CT molecular complexity index is 686. The number of nitrogens with one attached hydrogen (secondary N) is 1. The molecule has 2 aromatic heterocycles. The normalized spacial score (nSPS) is 15.0. The minimum Gasteiger partial charge on any atom is -0.338 e. The smallest absolute Gasteiger partial charge is 0.265 e. The second kappa shape index (κ2) is 9.22. The van der Waals surface area contributed by atoms with E-state index in [-0.39, 0.29) is 18.3 Å². The highest BCUT2D eigenvalue weighted by molar-refractivity contribution is 7.17. The number of hydrogen-bond acceptors (Lipinski definition) is 6. The number of halogens is 1. The van der Waals surface area contributed by atoms with Gasteiger partial charge < -0.3 is 10.2 Å². The minimum absolute atomic E-state index is 0. The molecule has 0 aliphatic carbocycles. The van der Waals surface area contributed by atoms with Gasteiger partial charge in [0, 0.05) is 25.5 Å². The molecule has 0 atom stereocenters. The van der Waals surface area contributed by atoms with Crippen LogP contribution in [0, 0.1) is 12.8 Å². The van der Waals surface area contributed by atoms with Crippen LogP contribution in [0.25, 0.3) is 10.8 Å². The molecule has 1 saturated heterocycles. The van der Waals surface area contributed by atoms with Gasteiger partial charge in [-0.15, -0.1) is 23.7 Å². The quantitative estimate of drug-likeness (QED) is 0.862. The van der Waals surface area contributed by atoms with Crippen LogP contribution in [0.2, 0.25) is 0 Å². The van der Waals surface area contributed by atoms with Crippen molar-refractivity contribution in [2.45, 2.75) is 26.2 Å². The highest BCUT2D eigenvalue weighted by atomic mass is 35.5. The van der Waals surface area contributed by atoms with Crippen molar-refractivity contribution in [1.29, 1.82) is 0 Å². The molecule has 1 amide bonds. The van der Waals surface area contributed by atoms with Crippen molar-refractivity contribution in [3.63, 3.8) is 0 Å². The molecule has 25 heavy (non-hydrogen) atoms. The molecule has 3 heterocycles. The van der Waals surface area contributed by atoms with Crippen LogP contribution in [0.1, 0.15) is 34.6 Å². The number of carbonyl (C=O) groups is 1. The van der Waals surface area contributed by atoms with Gasteiger partial charge in [0.25, 0.3) is 5.91 Å². The molecule has 1 aliphatic rings. The lowest BCUT2D eigenvalue weighted by molar-refractivity contribution is 0.0691. The Morgan fingerprint density at radius 2 is 2.00 bits per heavy atom. The van der Waals surface area contributed by atoms with Gasteiger partial charge in [0.15, 0.2) is 10.8 Å². The van der Waals surface area contributed by atoms with E-state index in [2.05, 4.69) is 20.3 Å².